The summed E-state index contributed by atoms with van der Waals surface area (Å²) < 4.78 is 7.15. The van der Waals surface area contributed by atoms with Gasteiger partial charge in [-0.3, -0.25) is 0 Å². The van der Waals surface area contributed by atoms with Crippen molar-refractivity contribution in [2.75, 3.05) is 5.73 Å². The van der Waals surface area contributed by atoms with Crippen LogP contribution in [0.15, 0.2) is 18.6 Å². The highest BCUT2D eigenvalue weighted by molar-refractivity contribution is 5.86. The number of nitrogen functional groups attached to an aromatic ring is 1. The van der Waals surface area contributed by atoms with E-state index >= 15 is 0 Å². The number of hydrogen-bond acceptors (Lipinski definition) is 6. The Morgan fingerprint density at radius 1 is 1.55 bits per heavy atom. The van der Waals surface area contributed by atoms with Crippen molar-refractivity contribution in [3.8, 4) is 12.3 Å². The molecule has 1 aliphatic heterocycles. The van der Waals surface area contributed by atoms with Gasteiger partial charge in [0.2, 0.25) is 0 Å². The zero-order valence-electron chi connectivity index (χ0n) is 10.8. The molecule has 1 aliphatic rings. The largest absolute Gasteiger partial charge is 0.386 e. The third-order valence-corrected chi connectivity index (χ3v) is 3.64. The Hall–Kier alpha value is -2.14. The second-order valence-corrected chi connectivity index (χ2v) is 4.83. The number of nitrogens with zero attached hydrogens (tertiary/aromatic N) is 3. The van der Waals surface area contributed by atoms with Gasteiger partial charge >= 0.3 is 0 Å². The number of anilines is 1. The van der Waals surface area contributed by atoms with E-state index in [0.29, 0.717) is 16.9 Å². The first kappa shape index (κ1) is 12.9. The highest BCUT2D eigenvalue weighted by Crippen LogP contribution is 2.39. The van der Waals surface area contributed by atoms with E-state index in [9.17, 15) is 10.2 Å². The van der Waals surface area contributed by atoms with E-state index in [4.69, 9.17) is 16.9 Å². The van der Waals surface area contributed by atoms with Gasteiger partial charge in [-0.2, -0.15) is 0 Å². The molecular formula is C13H14N4O3. The maximum atomic E-state index is 10.5. The average molecular weight is 274 g/mol. The van der Waals surface area contributed by atoms with Gasteiger partial charge in [0.05, 0.1) is 11.5 Å². The molecule has 0 aromatic carbocycles. The SMILES string of the molecule is C#C[C@@]1(O)[C@H](O)C(C)O[C@H]1n1ccc2c(N)ncnc21. The second-order valence-electron chi connectivity index (χ2n) is 4.83. The topological polar surface area (TPSA) is 106 Å². The summed E-state index contributed by atoms with van der Waals surface area (Å²) in [6.07, 6.45) is 5.62. The van der Waals surface area contributed by atoms with Crippen molar-refractivity contribution >= 4 is 16.9 Å². The minimum Gasteiger partial charge on any atom is -0.386 e. The summed E-state index contributed by atoms with van der Waals surface area (Å²) in [4.78, 5) is 8.02. The molecule has 7 nitrogen and oxygen atoms in total. The molecule has 3 heterocycles. The molecule has 1 unspecified atom stereocenters. The molecule has 2 aromatic rings. The molecule has 3 rings (SSSR count). The molecule has 1 fully saturated rings. The van der Waals surface area contributed by atoms with Crippen LogP contribution in [0.5, 0.6) is 0 Å². The van der Waals surface area contributed by atoms with Crippen LogP contribution < -0.4 is 5.73 Å². The van der Waals surface area contributed by atoms with Gasteiger partial charge in [-0.1, -0.05) is 5.92 Å². The number of aliphatic hydroxyl groups excluding tert-OH is 1. The zero-order valence-corrected chi connectivity index (χ0v) is 10.8. The van der Waals surface area contributed by atoms with Gasteiger partial charge in [0.1, 0.15) is 23.9 Å². The van der Waals surface area contributed by atoms with Crippen molar-refractivity contribution in [3.63, 3.8) is 0 Å². The van der Waals surface area contributed by atoms with E-state index in [1.165, 1.54) is 6.33 Å². The van der Waals surface area contributed by atoms with E-state index in [1.54, 1.807) is 23.8 Å². The van der Waals surface area contributed by atoms with Crippen LogP contribution in [0, 0.1) is 12.3 Å². The van der Waals surface area contributed by atoms with Gasteiger partial charge in [0.25, 0.3) is 0 Å². The number of hydrogen-bond donors (Lipinski definition) is 3. The summed E-state index contributed by atoms with van der Waals surface area (Å²) >= 11 is 0. The van der Waals surface area contributed by atoms with Gasteiger partial charge < -0.3 is 25.3 Å². The maximum Gasteiger partial charge on any atom is 0.199 e. The van der Waals surface area contributed by atoms with E-state index in [1.807, 2.05) is 0 Å². The van der Waals surface area contributed by atoms with Gasteiger partial charge in [0, 0.05) is 6.20 Å². The molecule has 2 aromatic heterocycles. The monoisotopic (exact) mass is 274 g/mol. The number of aliphatic hydroxyl groups is 2. The lowest BCUT2D eigenvalue weighted by Crippen LogP contribution is -2.44. The molecule has 0 bridgehead atoms. The van der Waals surface area contributed by atoms with Crippen LogP contribution in [-0.2, 0) is 4.74 Å². The van der Waals surface area contributed by atoms with Crippen LogP contribution in [0.25, 0.3) is 11.0 Å². The summed E-state index contributed by atoms with van der Waals surface area (Å²) in [5.74, 6) is 2.55. The number of nitrogens with two attached hydrogens (primary N) is 1. The molecule has 0 aliphatic carbocycles. The Bertz CT molecular complexity index is 707. The molecule has 7 heteroatoms. The van der Waals surface area contributed by atoms with Gasteiger partial charge in [-0.25, -0.2) is 9.97 Å². The molecule has 1 saturated heterocycles. The van der Waals surface area contributed by atoms with Crippen LogP contribution in [0.3, 0.4) is 0 Å². The van der Waals surface area contributed by atoms with Gasteiger partial charge in [0.15, 0.2) is 11.8 Å². The minimum absolute atomic E-state index is 0.324. The fourth-order valence-electron chi connectivity index (χ4n) is 2.50. The lowest BCUT2D eigenvalue weighted by atomic mass is 9.95. The molecular weight excluding hydrogens is 260 g/mol. The van der Waals surface area contributed by atoms with Crippen molar-refractivity contribution < 1.29 is 14.9 Å². The Balaban J connectivity index is 2.17. The second kappa shape index (κ2) is 4.18. The quantitative estimate of drug-likeness (QED) is 0.614. The van der Waals surface area contributed by atoms with Crippen molar-refractivity contribution in [1.29, 1.82) is 0 Å². The first-order chi connectivity index (χ1) is 9.49. The van der Waals surface area contributed by atoms with Crippen LogP contribution in [0.4, 0.5) is 5.82 Å². The molecule has 4 atom stereocenters. The Morgan fingerprint density at radius 2 is 2.30 bits per heavy atom. The Labute approximate surface area is 115 Å². The zero-order chi connectivity index (χ0) is 14.5. The highest BCUT2D eigenvalue weighted by atomic mass is 16.6. The molecule has 20 heavy (non-hydrogen) atoms. The summed E-state index contributed by atoms with van der Waals surface area (Å²) in [6, 6.07) is 1.71. The lowest BCUT2D eigenvalue weighted by Gasteiger charge is -2.26. The number of ether oxygens (including phenoxy) is 1. The van der Waals surface area contributed by atoms with E-state index in [2.05, 4.69) is 15.9 Å². The Morgan fingerprint density at radius 3 is 3.00 bits per heavy atom. The van der Waals surface area contributed by atoms with Crippen molar-refractivity contribution in [2.45, 2.75) is 31.0 Å². The van der Waals surface area contributed by atoms with Gasteiger partial charge in [-0.15, -0.1) is 6.42 Å². The highest BCUT2D eigenvalue weighted by Gasteiger charge is 2.54. The summed E-state index contributed by atoms with van der Waals surface area (Å²) in [7, 11) is 0. The fraction of sp³-hybridized carbons (Fsp3) is 0.385. The fourth-order valence-corrected chi connectivity index (χ4v) is 2.50. The number of terminal acetylenes is 1. The third kappa shape index (κ3) is 1.53. The van der Waals surface area contributed by atoms with Crippen molar-refractivity contribution in [3.05, 3.63) is 18.6 Å². The van der Waals surface area contributed by atoms with Crippen LogP contribution in [0.1, 0.15) is 13.2 Å². The van der Waals surface area contributed by atoms with Crippen molar-refractivity contribution in [1.82, 2.24) is 14.5 Å². The molecule has 4 N–H and O–H groups in total. The van der Waals surface area contributed by atoms with Crippen LogP contribution >= 0.6 is 0 Å². The van der Waals surface area contributed by atoms with E-state index in [-0.39, 0.29) is 0 Å². The molecule has 104 valence electrons. The Kier molecular flexibility index (Phi) is 2.69. The van der Waals surface area contributed by atoms with Gasteiger partial charge in [-0.05, 0) is 13.0 Å². The summed E-state index contributed by atoms with van der Waals surface area (Å²) in [5.41, 5.74) is 4.42. The molecule has 0 saturated carbocycles. The average Bonchev–Trinajstić information content (AvgIpc) is 2.96. The van der Waals surface area contributed by atoms with Crippen LogP contribution in [-0.4, -0.2) is 42.6 Å². The van der Waals surface area contributed by atoms with E-state index < -0.39 is 24.0 Å². The lowest BCUT2D eigenvalue weighted by molar-refractivity contribution is -0.0669. The first-order valence-electron chi connectivity index (χ1n) is 6.09. The number of fused-ring (bicyclic) bond motifs is 1. The predicted octanol–water partition coefficient (Wildman–Crippen LogP) is -0.344. The number of aromatic nitrogens is 3. The molecule has 0 spiro atoms. The smallest absolute Gasteiger partial charge is 0.199 e. The molecule has 0 amide bonds. The normalized spacial score (nSPS) is 33.4. The first-order valence-corrected chi connectivity index (χ1v) is 6.09. The standard InChI is InChI=1S/C13H14N4O3/c1-3-13(19)9(18)7(2)20-12(13)17-5-4-8-10(14)15-6-16-11(8)17/h1,4-7,9,12,18-19H,2H3,(H2,14,15,16)/t7?,9-,12-,13-/m1/s1. The van der Waals surface area contributed by atoms with Crippen LogP contribution in [0.2, 0.25) is 0 Å². The maximum absolute atomic E-state index is 10.5. The number of rotatable bonds is 1. The molecule has 0 radical (unpaired) electrons. The summed E-state index contributed by atoms with van der Waals surface area (Å²) in [6.45, 7) is 1.64. The van der Waals surface area contributed by atoms with Crippen molar-refractivity contribution in [2.24, 2.45) is 0 Å². The predicted molar refractivity (Wildman–Crippen MR) is 71.3 cm³/mol. The third-order valence-electron chi connectivity index (χ3n) is 3.64. The minimum atomic E-state index is -1.83. The van der Waals surface area contributed by atoms with E-state index in [0.717, 1.165) is 0 Å². The summed E-state index contributed by atoms with van der Waals surface area (Å²) in [5, 5.41) is 21.1.